The molecule has 0 saturated heterocycles. The Kier molecular flexibility index (Phi) is 6.17. The van der Waals surface area contributed by atoms with Crippen molar-refractivity contribution in [3.63, 3.8) is 0 Å². The highest BCUT2D eigenvalue weighted by Gasteiger charge is 2.17. The van der Waals surface area contributed by atoms with E-state index in [2.05, 4.69) is 34.8 Å². The molecule has 0 heterocycles. The molecule has 0 spiro atoms. The zero-order valence-electron chi connectivity index (χ0n) is 11.8. The number of hydrogen-bond donors (Lipinski definition) is 1. The molecule has 0 aliphatic carbocycles. The Balaban J connectivity index is 2.48. The standard InChI is InChI=1S/C16H16Cl2INO/c1-3-20-16(12-9-11(17)5-6-14(12)19)10-4-7-15(21-2)13(18)8-10/h4-9,16,20H,3H2,1-2H3. The van der Waals surface area contributed by atoms with Crippen LogP contribution in [-0.2, 0) is 0 Å². The maximum Gasteiger partial charge on any atom is 0.137 e. The smallest absolute Gasteiger partial charge is 0.137 e. The second-order valence-electron chi connectivity index (χ2n) is 4.55. The Hall–Kier alpha value is -0.490. The van der Waals surface area contributed by atoms with Crippen LogP contribution >= 0.6 is 45.8 Å². The largest absolute Gasteiger partial charge is 0.495 e. The lowest BCUT2D eigenvalue weighted by molar-refractivity contribution is 0.414. The van der Waals surface area contributed by atoms with E-state index < -0.39 is 0 Å². The molecule has 2 aromatic rings. The lowest BCUT2D eigenvalue weighted by atomic mass is 9.98. The van der Waals surface area contributed by atoms with Crippen molar-refractivity contribution in [1.29, 1.82) is 0 Å². The van der Waals surface area contributed by atoms with Gasteiger partial charge in [0, 0.05) is 8.59 Å². The van der Waals surface area contributed by atoms with Crippen LogP contribution in [0.3, 0.4) is 0 Å². The fraction of sp³-hybridized carbons (Fsp3) is 0.250. The van der Waals surface area contributed by atoms with Gasteiger partial charge in [-0.2, -0.15) is 0 Å². The molecule has 0 fully saturated rings. The van der Waals surface area contributed by atoms with Crippen molar-refractivity contribution < 1.29 is 4.74 Å². The minimum atomic E-state index is 0.0454. The quantitative estimate of drug-likeness (QED) is 0.643. The van der Waals surface area contributed by atoms with E-state index in [1.165, 1.54) is 0 Å². The Morgan fingerprint density at radius 2 is 1.95 bits per heavy atom. The van der Waals surface area contributed by atoms with Gasteiger partial charge in [-0.05, 0) is 70.6 Å². The number of benzene rings is 2. The molecule has 5 heteroatoms. The summed E-state index contributed by atoms with van der Waals surface area (Å²) in [5.41, 5.74) is 2.23. The van der Waals surface area contributed by atoms with Crippen molar-refractivity contribution in [3.8, 4) is 5.75 Å². The highest BCUT2D eigenvalue weighted by molar-refractivity contribution is 14.1. The van der Waals surface area contributed by atoms with E-state index in [9.17, 15) is 0 Å². The molecule has 0 aliphatic rings. The first-order valence-corrected chi connectivity index (χ1v) is 8.42. The lowest BCUT2D eigenvalue weighted by Gasteiger charge is -2.21. The van der Waals surface area contributed by atoms with Gasteiger partial charge < -0.3 is 10.1 Å². The average Bonchev–Trinajstić information content (AvgIpc) is 2.47. The molecule has 1 unspecified atom stereocenters. The number of halogens is 3. The minimum Gasteiger partial charge on any atom is -0.495 e. The molecular formula is C16H16Cl2INO. The van der Waals surface area contributed by atoms with E-state index in [4.69, 9.17) is 27.9 Å². The monoisotopic (exact) mass is 435 g/mol. The summed E-state index contributed by atoms with van der Waals surface area (Å²) in [6, 6.07) is 11.8. The summed E-state index contributed by atoms with van der Waals surface area (Å²) in [7, 11) is 1.61. The summed E-state index contributed by atoms with van der Waals surface area (Å²) >= 11 is 14.7. The number of rotatable bonds is 5. The van der Waals surface area contributed by atoms with Gasteiger partial charge in [-0.25, -0.2) is 0 Å². The maximum atomic E-state index is 6.25. The van der Waals surface area contributed by atoms with E-state index in [1.54, 1.807) is 7.11 Å². The topological polar surface area (TPSA) is 21.3 Å². The number of ether oxygens (including phenoxy) is 1. The van der Waals surface area contributed by atoms with Gasteiger partial charge >= 0.3 is 0 Å². The van der Waals surface area contributed by atoms with E-state index in [0.29, 0.717) is 10.8 Å². The van der Waals surface area contributed by atoms with Crippen LogP contribution < -0.4 is 10.1 Å². The summed E-state index contributed by atoms with van der Waals surface area (Å²) in [5, 5.41) is 4.82. The first kappa shape index (κ1) is 16.9. The molecule has 0 bridgehead atoms. The third-order valence-electron chi connectivity index (χ3n) is 3.19. The van der Waals surface area contributed by atoms with Crippen LogP contribution in [0.1, 0.15) is 24.1 Å². The zero-order chi connectivity index (χ0) is 15.4. The second kappa shape index (κ2) is 7.68. The molecule has 21 heavy (non-hydrogen) atoms. The molecule has 2 rings (SSSR count). The summed E-state index contributed by atoms with van der Waals surface area (Å²) in [6.45, 7) is 2.92. The van der Waals surface area contributed by atoms with E-state index in [0.717, 1.165) is 26.3 Å². The highest BCUT2D eigenvalue weighted by atomic mass is 127. The number of hydrogen-bond acceptors (Lipinski definition) is 2. The summed E-state index contributed by atoms with van der Waals surface area (Å²) < 4.78 is 6.38. The lowest BCUT2D eigenvalue weighted by Crippen LogP contribution is -2.22. The van der Waals surface area contributed by atoms with Crippen molar-refractivity contribution in [2.75, 3.05) is 13.7 Å². The first-order valence-electron chi connectivity index (χ1n) is 6.58. The third-order valence-corrected chi connectivity index (χ3v) is 4.70. The molecule has 0 amide bonds. The molecule has 2 nitrogen and oxygen atoms in total. The Bertz CT molecular complexity index is 634. The summed E-state index contributed by atoms with van der Waals surface area (Å²) in [6.07, 6.45) is 0. The van der Waals surface area contributed by atoms with Crippen molar-refractivity contribution in [1.82, 2.24) is 5.32 Å². The van der Waals surface area contributed by atoms with Gasteiger partial charge in [0.25, 0.3) is 0 Å². The number of methoxy groups -OCH3 is 1. The van der Waals surface area contributed by atoms with E-state index in [-0.39, 0.29) is 6.04 Å². The Labute approximate surface area is 148 Å². The zero-order valence-corrected chi connectivity index (χ0v) is 15.5. The summed E-state index contributed by atoms with van der Waals surface area (Å²) in [5.74, 6) is 0.677. The molecule has 2 aromatic carbocycles. The molecule has 0 aliphatic heterocycles. The minimum absolute atomic E-state index is 0.0454. The van der Waals surface area contributed by atoms with Crippen LogP contribution in [-0.4, -0.2) is 13.7 Å². The SMILES string of the molecule is CCNC(c1ccc(OC)c(Cl)c1)c1cc(Cl)ccc1I. The maximum absolute atomic E-state index is 6.25. The molecule has 1 atom stereocenters. The predicted octanol–water partition coefficient (Wildman–Crippen LogP) is 5.31. The van der Waals surface area contributed by atoms with Crippen LogP contribution in [0.4, 0.5) is 0 Å². The first-order chi connectivity index (χ1) is 10.1. The highest BCUT2D eigenvalue weighted by Crippen LogP contribution is 2.33. The van der Waals surface area contributed by atoms with Gasteiger partial charge in [0.1, 0.15) is 5.75 Å². The van der Waals surface area contributed by atoms with Gasteiger partial charge in [0.2, 0.25) is 0 Å². The molecular weight excluding hydrogens is 420 g/mol. The normalized spacial score (nSPS) is 12.2. The molecule has 0 radical (unpaired) electrons. The van der Waals surface area contributed by atoms with Crippen LogP contribution in [0.5, 0.6) is 5.75 Å². The fourth-order valence-electron chi connectivity index (χ4n) is 2.21. The van der Waals surface area contributed by atoms with Crippen molar-refractivity contribution in [3.05, 3.63) is 61.1 Å². The molecule has 0 aromatic heterocycles. The van der Waals surface area contributed by atoms with Gasteiger partial charge in [0.05, 0.1) is 18.2 Å². The molecule has 0 saturated carbocycles. The van der Waals surface area contributed by atoms with Crippen molar-refractivity contribution >= 4 is 45.8 Å². The van der Waals surface area contributed by atoms with Gasteiger partial charge in [-0.15, -0.1) is 0 Å². The van der Waals surface area contributed by atoms with E-state index in [1.807, 2.05) is 36.4 Å². The third kappa shape index (κ3) is 4.03. The Morgan fingerprint density at radius 3 is 2.57 bits per heavy atom. The van der Waals surface area contributed by atoms with Gasteiger partial charge in [-0.1, -0.05) is 36.2 Å². The van der Waals surface area contributed by atoms with Crippen LogP contribution in [0.15, 0.2) is 36.4 Å². The van der Waals surface area contributed by atoms with Gasteiger partial charge in [0.15, 0.2) is 0 Å². The predicted molar refractivity (Wildman–Crippen MR) is 97.7 cm³/mol. The number of nitrogens with one attached hydrogen (secondary N) is 1. The summed E-state index contributed by atoms with van der Waals surface area (Å²) in [4.78, 5) is 0. The van der Waals surface area contributed by atoms with Crippen molar-refractivity contribution in [2.45, 2.75) is 13.0 Å². The molecule has 1 N–H and O–H groups in total. The van der Waals surface area contributed by atoms with Crippen LogP contribution in [0, 0.1) is 3.57 Å². The average molecular weight is 436 g/mol. The van der Waals surface area contributed by atoms with Crippen LogP contribution in [0.25, 0.3) is 0 Å². The Morgan fingerprint density at radius 1 is 1.19 bits per heavy atom. The van der Waals surface area contributed by atoms with E-state index >= 15 is 0 Å². The van der Waals surface area contributed by atoms with Crippen molar-refractivity contribution in [2.24, 2.45) is 0 Å². The van der Waals surface area contributed by atoms with Crippen LogP contribution in [0.2, 0.25) is 10.0 Å². The molecule has 112 valence electrons. The second-order valence-corrected chi connectivity index (χ2v) is 6.56. The van der Waals surface area contributed by atoms with Gasteiger partial charge in [-0.3, -0.25) is 0 Å². The fourth-order valence-corrected chi connectivity index (χ4v) is 3.30.